The van der Waals surface area contributed by atoms with Crippen molar-refractivity contribution in [2.24, 2.45) is 23.7 Å². The molecule has 2 aliphatic heterocycles. The number of rotatable bonds is 5. The summed E-state index contributed by atoms with van der Waals surface area (Å²) < 4.78 is 0.684. The molecule has 0 radical (unpaired) electrons. The van der Waals surface area contributed by atoms with Crippen molar-refractivity contribution in [2.45, 2.75) is 31.1 Å². The van der Waals surface area contributed by atoms with Gasteiger partial charge in [0.1, 0.15) is 5.75 Å². The largest absolute Gasteiger partial charge is 0.508 e. The Morgan fingerprint density at radius 2 is 1.57 bits per heavy atom. The number of benzene rings is 4. The van der Waals surface area contributed by atoms with Crippen LogP contribution < -0.4 is 10.3 Å². The second-order valence-electron chi connectivity index (χ2n) is 13.3. The molecule has 8 rings (SSSR count). The van der Waals surface area contributed by atoms with Gasteiger partial charge in [0.2, 0.25) is 11.8 Å². The Morgan fingerprint density at radius 1 is 0.857 bits per heavy atom. The molecule has 0 bridgehead atoms. The van der Waals surface area contributed by atoms with Crippen LogP contribution in [0, 0.1) is 30.6 Å². The van der Waals surface area contributed by atoms with E-state index in [0.29, 0.717) is 32.0 Å². The maximum Gasteiger partial charge on any atom is 0.260 e. The number of carbonyl (C=O) groups is 4. The van der Waals surface area contributed by atoms with Gasteiger partial charge in [0, 0.05) is 21.0 Å². The van der Waals surface area contributed by atoms with Crippen molar-refractivity contribution in [3.8, 4) is 5.75 Å². The van der Waals surface area contributed by atoms with Crippen LogP contribution in [0.1, 0.15) is 35.4 Å². The minimum absolute atomic E-state index is 0.0345. The van der Waals surface area contributed by atoms with Crippen LogP contribution >= 0.6 is 27.5 Å². The van der Waals surface area contributed by atoms with Gasteiger partial charge in [-0.3, -0.25) is 29.5 Å². The minimum Gasteiger partial charge on any atom is -0.508 e. The maximum absolute atomic E-state index is 15.2. The number of carbonyl (C=O) groups excluding carboxylic acids is 4. The number of amides is 4. The number of allylic oxidation sites excluding steroid dienone is 2. The monoisotopic (exact) mass is 735 g/mol. The van der Waals surface area contributed by atoms with E-state index in [1.54, 1.807) is 42.5 Å². The number of anilines is 2. The molecule has 0 spiro atoms. The first-order chi connectivity index (χ1) is 23.6. The van der Waals surface area contributed by atoms with Crippen LogP contribution in [0.15, 0.2) is 113 Å². The molecule has 2 aliphatic carbocycles. The number of fused-ring (bicyclic) bond motifs is 4. The molecule has 246 valence electrons. The van der Waals surface area contributed by atoms with E-state index in [-0.39, 0.29) is 30.4 Å². The average molecular weight is 737 g/mol. The first-order valence-corrected chi connectivity index (χ1v) is 17.4. The Labute approximate surface area is 296 Å². The van der Waals surface area contributed by atoms with Crippen molar-refractivity contribution in [1.82, 2.24) is 5.01 Å². The molecule has 4 aromatic rings. The van der Waals surface area contributed by atoms with Crippen LogP contribution in [0.3, 0.4) is 0 Å². The van der Waals surface area contributed by atoms with E-state index < -0.39 is 46.8 Å². The molecule has 0 aromatic heterocycles. The van der Waals surface area contributed by atoms with Gasteiger partial charge in [0.05, 0.1) is 34.5 Å². The standard InChI is InChI=1S/C39H31BrClN3O5/c1-21-7-12-25(13-8-21)42-44-36(47)31-20-29-27(16-17-28-33(29)37(48)43(35(28)46)26-14-10-24(41)11-15-26)34(30-19-23(40)9-18-32(30)45)39(31,38(44)49)22-5-3-2-4-6-22/h2-16,18-19,28-29,31,33-34,42,45H,17,20H2,1H3/t28-,29+,31-,33-,34+,39+/m0/s1. The molecule has 10 heteroatoms. The number of halogens is 2. The summed E-state index contributed by atoms with van der Waals surface area (Å²) >= 11 is 9.69. The Bertz CT molecular complexity index is 2070. The third-order valence-electron chi connectivity index (χ3n) is 10.8. The quantitative estimate of drug-likeness (QED) is 0.165. The molecular formula is C39H31BrClN3O5. The van der Waals surface area contributed by atoms with E-state index >= 15 is 4.79 Å². The van der Waals surface area contributed by atoms with Gasteiger partial charge >= 0.3 is 0 Å². The first-order valence-electron chi connectivity index (χ1n) is 16.2. The number of aromatic hydroxyl groups is 1. The van der Waals surface area contributed by atoms with E-state index in [0.717, 1.165) is 16.1 Å². The Hall–Kier alpha value is -4.73. The van der Waals surface area contributed by atoms with Gasteiger partial charge in [-0.2, -0.15) is 5.01 Å². The molecule has 4 aliphatic rings. The molecule has 0 unspecified atom stereocenters. The second-order valence-corrected chi connectivity index (χ2v) is 14.6. The second kappa shape index (κ2) is 11.7. The zero-order valence-corrected chi connectivity index (χ0v) is 28.7. The molecule has 4 aromatic carbocycles. The number of nitrogens with zero attached hydrogens (tertiary/aromatic N) is 2. The molecule has 49 heavy (non-hydrogen) atoms. The highest BCUT2D eigenvalue weighted by molar-refractivity contribution is 9.10. The summed E-state index contributed by atoms with van der Waals surface area (Å²) in [5, 5.41) is 13.1. The van der Waals surface area contributed by atoms with E-state index in [1.807, 2.05) is 67.6 Å². The summed E-state index contributed by atoms with van der Waals surface area (Å²) in [6, 6.07) is 28.3. The number of imide groups is 2. The van der Waals surface area contributed by atoms with Crippen molar-refractivity contribution >= 4 is 62.5 Å². The summed E-state index contributed by atoms with van der Waals surface area (Å²) in [6.45, 7) is 1.95. The summed E-state index contributed by atoms with van der Waals surface area (Å²) in [6.07, 6.45) is 2.42. The van der Waals surface area contributed by atoms with Gasteiger partial charge in [-0.15, -0.1) is 0 Å². The van der Waals surface area contributed by atoms with E-state index in [2.05, 4.69) is 21.4 Å². The zero-order chi connectivity index (χ0) is 34.2. The van der Waals surface area contributed by atoms with Crippen LogP contribution in [0.4, 0.5) is 11.4 Å². The molecule has 2 N–H and O–H groups in total. The van der Waals surface area contributed by atoms with Crippen LogP contribution in [0.25, 0.3) is 0 Å². The maximum atomic E-state index is 15.2. The molecule has 3 fully saturated rings. The van der Waals surface area contributed by atoms with Gasteiger partial charge in [-0.05, 0) is 85.8 Å². The highest BCUT2D eigenvalue weighted by Crippen LogP contribution is 2.65. The van der Waals surface area contributed by atoms with Crippen LogP contribution in [-0.2, 0) is 24.6 Å². The number of hydrazine groups is 1. The molecular weight excluding hydrogens is 706 g/mol. The molecule has 8 nitrogen and oxygen atoms in total. The lowest BCUT2D eigenvalue weighted by Crippen LogP contribution is -2.53. The third kappa shape index (κ3) is 4.70. The summed E-state index contributed by atoms with van der Waals surface area (Å²) in [7, 11) is 0. The van der Waals surface area contributed by atoms with Gasteiger partial charge < -0.3 is 5.11 Å². The fourth-order valence-corrected chi connectivity index (χ4v) is 9.20. The van der Waals surface area contributed by atoms with Crippen LogP contribution in [-0.4, -0.2) is 33.7 Å². The van der Waals surface area contributed by atoms with E-state index in [4.69, 9.17) is 11.6 Å². The van der Waals surface area contributed by atoms with Gasteiger partial charge in [-0.1, -0.05) is 87.2 Å². The molecule has 1 saturated carbocycles. The third-order valence-corrected chi connectivity index (χ3v) is 11.5. The smallest absolute Gasteiger partial charge is 0.260 e. The SMILES string of the molecule is Cc1ccc(NN2C(=O)[C@@H]3C[C@@H]4C(=CC[C@@H]5C(=O)N(c6ccc(Cl)cc6)C(=O)[C@@H]54)[C@H](c4cc(Br)ccc4O)[C@]3(c3ccccc3)C2=O)cc1. The van der Waals surface area contributed by atoms with Gasteiger partial charge in [-0.25, -0.2) is 0 Å². The number of phenolic OH excluding ortho intramolecular Hbond substituents is 1. The fraction of sp³-hybridized carbons (Fsp3) is 0.231. The predicted molar refractivity (Wildman–Crippen MR) is 189 cm³/mol. The van der Waals surface area contributed by atoms with Crippen molar-refractivity contribution in [2.75, 3.05) is 10.3 Å². The molecule has 2 saturated heterocycles. The first kappa shape index (κ1) is 31.5. The lowest BCUT2D eigenvalue weighted by Gasteiger charge is -2.50. The number of hydrogen-bond donors (Lipinski definition) is 2. The highest BCUT2D eigenvalue weighted by atomic mass is 79.9. The minimum atomic E-state index is -1.47. The lowest BCUT2D eigenvalue weighted by atomic mass is 9.49. The Morgan fingerprint density at radius 3 is 2.29 bits per heavy atom. The number of phenols is 1. The topological polar surface area (TPSA) is 107 Å². The number of hydrogen-bond acceptors (Lipinski definition) is 6. The van der Waals surface area contributed by atoms with Gasteiger partial charge in [0.15, 0.2) is 0 Å². The van der Waals surface area contributed by atoms with Crippen LogP contribution in [0.5, 0.6) is 5.75 Å². The highest BCUT2D eigenvalue weighted by Gasteiger charge is 2.70. The predicted octanol–water partition coefficient (Wildman–Crippen LogP) is 7.31. The molecule has 2 heterocycles. The zero-order valence-electron chi connectivity index (χ0n) is 26.3. The lowest BCUT2D eigenvalue weighted by molar-refractivity contribution is -0.138. The Kier molecular flexibility index (Phi) is 7.53. The summed E-state index contributed by atoms with van der Waals surface area (Å²) in [5.41, 5.74) is 5.53. The van der Waals surface area contributed by atoms with Crippen molar-refractivity contribution in [3.05, 3.63) is 135 Å². The molecule has 4 amide bonds. The summed E-state index contributed by atoms with van der Waals surface area (Å²) in [4.78, 5) is 59.5. The van der Waals surface area contributed by atoms with Crippen molar-refractivity contribution in [1.29, 1.82) is 0 Å². The van der Waals surface area contributed by atoms with E-state index in [9.17, 15) is 19.5 Å². The van der Waals surface area contributed by atoms with Crippen molar-refractivity contribution in [3.63, 3.8) is 0 Å². The number of aryl methyl sites for hydroxylation is 1. The fourth-order valence-electron chi connectivity index (χ4n) is 8.69. The molecule has 6 atom stereocenters. The Balaban J connectivity index is 1.33. The van der Waals surface area contributed by atoms with Crippen molar-refractivity contribution < 1.29 is 24.3 Å². The normalized spacial score (nSPS) is 27.5. The van der Waals surface area contributed by atoms with Gasteiger partial charge in [0.25, 0.3) is 11.8 Å². The van der Waals surface area contributed by atoms with Crippen LogP contribution in [0.2, 0.25) is 5.02 Å². The van der Waals surface area contributed by atoms with E-state index in [1.165, 1.54) is 4.90 Å². The number of nitrogens with one attached hydrogen (secondary N) is 1. The average Bonchev–Trinajstić information content (AvgIpc) is 3.48. The summed E-state index contributed by atoms with van der Waals surface area (Å²) in [5.74, 6) is -5.24.